The maximum Gasteiger partial charge on any atom is 0.190 e. The Hall–Kier alpha value is -1.42. The van der Waals surface area contributed by atoms with Gasteiger partial charge >= 0.3 is 0 Å². The van der Waals surface area contributed by atoms with Crippen LogP contribution in [0.5, 0.6) is 0 Å². The molecule has 4 rings (SSSR count). The molecule has 2 aliphatic rings. The second kappa shape index (κ2) is 6.37. The van der Waals surface area contributed by atoms with E-state index in [4.69, 9.17) is 9.16 Å². The van der Waals surface area contributed by atoms with Gasteiger partial charge in [0, 0.05) is 19.1 Å². The minimum atomic E-state index is -0.591. The van der Waals surface area contributed by atoms with Crippen LogP contribution in [0, 0.1) is 0 Å². The largest absolute Gasteiger partial charge is 0.420 e. The van der Waals surface area contributed by atoms with Gasteiger partial charge in [0.15, 0.2) is 9.76 Å². The Bertz CT molecular complexity index is 604. The standard InChI is InChI=1S/C19H22O2Si/c1-3-9-16-14(7-1)15-8-2-4-10-17(15)18(16)13-21-22-19-11-5-6-12-20-19/h1-4,7-10,18-19H,5-6,11-13,22H2. The molecule has 1 fully saturated rings. The van der Waals surface area contributed by atoms with Crippen LogP contribution in [-0.4, -0.2) is 28.7 Å². The minimum Gasteiger partial charge on any atom is -0.420 e. The van der Waals surface area contributed by atoms with Crippen molar-refractivity contribution in [2.75, 3.05) is 13.2 Å². The van der Waals surface area contributed by atoms with Crippen molar-refractivity contribution in [3.05, 3.63) is 59.7 Å². The fourth-order valence-electron chi connectivity index (χ4n) is 3.70. The Morgan fingerprint density at radius 3 is 2.27 bits per heavy atom. The summed E-state index contributed by atoms with van der Waals surface area (Å²) in [4.78, 5) is 0. The highest BCUT2D eigenvalue weighted by Gasteiger charge is 2.28. The molecule has 3 heteroatoms. The molecular formula is C19H22O2Si. The molecule has 114 valence electrons. The van der Waals surface area contributed by atoms with Crippen LogP contribution < -0.4 is 0 Å². The zero-order chi connectivity index (χ0) is 14.8. The lowest BCUT2D eigenvalue weighted by atomic mass is 9.98. The minimum absolute atomic E-state index is 0.392. The molecule has 0 amide bonds. The highest BCUT2D eigenvalue weighted by atomic mass is 28.2. The van der Waals surface area contributed by atoms with Gasteiger partial charge in [-0.05, 0) is 41.5 Å². The molecule has 22 heavy (non-hydrogen) atoms. The first kappa shape index (κ1) is 14.2. The summed E-state index contributed by atoms with van der Waals surface area (Å²) >= 11 is 0. The lowest BCUT2D eigenvalue weighted by Gasteiger charge is -2.23. The van der Waals surface area contributed by atoms with Gasteiger partial charge in [0.05, 0.1) is 5.73 Å². The monoisotopic (exact) mass is 310 g/mol. The van der Waals surface area contributed by atoms with Crippen LogP contribution in [-0.2, 0) is 9.16 Å². The van der Waals surface area contributed by atoms with Crippen LogP contribution in [0.25, 0.3) is 11.1 Å². The van der Waals surface area contributed by atoms with Crippen LogP contribution in [0.1, 0.15) is 36.3 Å². The van der Waals surface area contributed by atoms with E-state index in [1.54, 1.807) is 0 Å². The molecule has 1 heterocycles. The summed E-state index contributed by atoms with van der Waals surface area (Å²) in [6.07, 6.45) is 3.72. The Balaban J connectivity index is 1.49. The molecule has 0 aromatic heterocycles. The molecule has 1 unspecified atom stereocenters. The van der Waals surface area contributed by atoms with Gasteiger partial charge in [-0.1, -0.05) is 48.5 Å². The lowest BCUT2D eigenvalue weighted by Crippen LogP contribution is -2.28. The number of hydrogen-bond donors (Lipinski definition) is 0. The molecule has 2 nitrogen and oxygen atoms in total. The van der Waals surface area contributed by atoms with E-state index < -0.39 is 9.76 Å². The first-order chi connectivity index (χ1) is 10.9. The van der Waals surface area contributed by atoms with Crippen molar-refractivity contribution in [2.45, 2.75) is 30.9 Å². The molecule has 1 saturated heterocycles. The molecule has 0 bridgehead atoms. The maximum absolute atomic E-state index is 6.18. The first-order valence-electron chi connectivity index (χ1n) is 8.31. The van der Waals surface area contributed by atoms with Gasteiger partial charge in [-0.2, -0.15) is 0 Å². The molecule has 0 spiro atoms. The van der Waals surface area contributed by atoms with Gasteiger partial charge < -0.3 is 9.16 Å². The van der Waals surface area contributed by atoms with Crippen molar-refractivity contribution in [1.29, 1.82) is 0 Å². The Morgan fingerprint density at radius 1 is 0.955 bits per heavy atom. The Kier molecular flexibility index (Phi) is 4.11. The second-order valence-electron chi connectivity index (χ2n) is 6.25. The van der Waals surface area contributed by atoms with Crippen molar-refractivity contribution in [3.63, 3.8) is 0 Å². The molecule has 1 aliphatic heterocycles. The molecule has 0 saturated carbocycles. The Morgan fingerprint density at radius 2 is 1.64 bits per heavy atom. The summed E-state index contributed by atoms with van der Waals surface area (Å²) in [5.74, 6) is 0.392. The van der Waals surface area contributed by atoms with Gasteiger partial charge in [-0.3, -0.25) is 0 Å². The maximum atomic E-state index is 6.18. The third-order valence-electron chi connectivity index (χ3n) is 4.82. The zero-order valence-electron chi connectivity index (χ0n) is 12.8. The highest BCUT2D eigenvalue weighted by Crippen LogP contribution is 2.44. The predicted molar refractivity (Wildman–Crippen MR) is 91.8 cm³/mol. The lowest BCUT2D eigenvalue weighted by molar-refractivity contribution is 0.0548. The van der Waals surface area contributed by atoms with E-state index in [1.807, 2.05) is 0 Å². The van der Waals surface area contributed by atoms with E-state index in [2.05, 4.69) is 48.5 Å². The second-order valence-corrected chi connectivity index (χ2v) is 7.91. The van der Waals surface area contributed by atoms with E-state index in [9.17, 15) is 0 Å². The Labute approximate surface area is 134 Å². The van der Waals surface area contributed by atoms with Crippen LogP contribution in [0.2, 0.25) is 0 Å². The number of hydrogen-bond acceptors (Lipinski definition) is 2. The molecule has 1 aliphatic carbocycles. The number of fused-ring (bicyclic) bond motifs is 3. The van der Waals surface area contributed by atoms with Gasteiger partial charge in [-0.15, -0.1) is 0 Å². The number of benzene rings is 2. The quantitative estimate of drug-likeness (QED) is 0.806. The first-order valence-corrected chi connectivity index (χ1v) is 9.70. The smallest absolute Gasteiger partial charge is 0.190 e. The van der Waals surface area contributed by atoms with E-state index in [1.165, 1.54) is 41.5 Å². The van der Waals surface area contributed by atoms with Crippen molar-refractivity contribution < 1.29 is 9.16 Å². The van der Waals surface area contributed by atoms with E-state index >= 15 is 0 Å². The fourth-order valence-corrected chi connectivity index (χ4v) is 5.05. The average molecular weight is 310 g/mol. The van der Waals surface area contributed by atoms with E-state index in [0.29, 0.717) is 11.6 Å². The topological polar surface area (TPSA) is 18.5 Å². The number of rotatable bonds is 4. The number of ether oxygens (including phenoxy) is 1. The normalized spacial score (nSPS) is 21.2. The van der Waals surface area contributed by atoms with Gasteiger partial charge in [0.2, 0.25) is 0 Å². The predicted octanol–water partition coefficient (Wildman–Crippen LogP) is 3.43. The molecule has 2 aromatic carbocycles. The summed E-state index contributed by atoms with van der Waals surface area (Å²) in [5.41, 5.74) is 6.02. The van der Waals surface area contributed by atoms with Crippen LogP contribution in [0.4, 0.5) is 0 Å². The van der Waals surface area contributed by atoms with Crippen molar-refractivity contribution >= 4 is 9.76 Å². The summed E-state index contributed by atoms with van der Waals surface area (Å²) < 4.78 is 12.0. The van der Waals surface area contributed by atoms with Crippen LogP contribution in [0.15, 0.2) is 48.5 Å². The van der Waals surface area contributed by atoms with Gasteiger partial charge in [-0.25, -0.2) is 0 Å². The third kappa shape index (κ3) is 2.65. The van der Waals surface area contributed by atoms with E-state index in [0.717, 1.165) is 13.2 Å². The van der Waals surface area contributed by atoms with Crippen LogP contribution in [0.3, 0.4) is 0 Å². The van der Waals surface area contributed by atoms with E-state index in [-0.39, 0.29) is 0 Å². The fraction of sp³-hybridized carbons (Fsp3) is 0.368. The van der Waals surface area contributed by atoms with Crippen molar-refractivity contribution in [3.8, 4) is 11.1 Å². The molecule has 0 radical (unpaired) electrons. The third-order valence-corrected chi connectivity index (χ3v) is 6.31. The van der Waals surface area contributed by atoms with Crippen molar-refractivity contribution in [2.24, 2.45) is 0 Å². The molecule has 1 atom stereocenters. The average Bonchev–Trinajstić information content (AvgIpc) is 2.91. The summed E-state index contributed by atoms with van der Waals surface area (Å²) in [6, 6.07) is 17.5. The zero-order valence-corrected chi connectivity index (χ0v) is 14.2. The summed E-state index contributed by atoms with van der Waals surface area (Å²) in [7, 11) is -0.591. The SMILES string of the molecule is c1ccc2c(c1)-c1ccccc1C2CO[SiH2]C1CCCCO1. The van der Waals surface area contributed by atoms with Crippen LogP contribution >= 0.6 is 0 Å². The summed E-state index contributed by atoms with van der Waals surface area (Å²) in [6.45, 7) is 1.73. The summed E-state index contributed by atoms with van der Waals surface area (Å²) in [5, 5.41) is 0. The van der Waals surface area contributed by atoms with Gasteiger partial charge in [0.1, 0.15) is 0 Å². The highest BCUT2D eigenvalue weighted by molar-refractivity contribution is 6.29. The molecular weight excluding hydrogens is 288 g/mol. The van der Waals surface area contributed by atoms with Crippen molar-refractivity contribution in [1.82, 2.24) is 0 Å². The van der Waals surface area contributed by atoms with Gasteiger partial charge in [0.25, 0.3) is 0 Å². The molecule has 0 N–H and O–H groups in total. The molecule has 2 aromatic rings.